The average Bonchev–Trinajstić information content (AvgIpc) is 3.34. The van der Waals surface area contributed by atoms with Gasteiger partial charge in [-0.2, -0.15) is 0 Å². The van der Waals surface area contributed by atoms with Gasteiger partial charge in [-0.1, -0.05) is 23.8 Å². The molecule has 1 fully saturated rings. The van der Waals surface area contributed by atoms with Crippen LogP contribution >= 0.6 is 23.1 Å². The zero-order valence-corrected chi connectivity index (χ0v) is 17.3. The Morgan fingerprint density at radius 2 is 1.79 bits per heavy atom. The van der Waals surface area contributed by atoms with E-state index in [1.54, 1.807) is 30.3 Å². The molecule has 2 heterocycles. The summed E-state index contributed by atoms with van der Waals surface area (Å²) in [6.07, 6.45) is 0.175. The van der Waals surface area contributed by atoms with Crippen molar-refractivity contribution < 1.29 is 14.4 Å². The number of carbonyl (C=O) groups excluding carboxylic acids is 3. The normalized spacial score (nSPS) is 16.3. The zero-order chi connectivity index (χ0) is 20.4. The Hall–Kier alpha value is -2.90. The van der Waals surface area contributed by atoms with E-state index in [2.05, 4.69) is 5.32 Å². The number of rotatable bonds is 5. The molecule has 1 aliphatic heterocycles. The minimum Gasteiger partial charge on any atom is -0.321 e. The summed E-state index contributed by atoms with van der Waals surface area (Å²) in [5.74, 6) is -0.527. The van der Waals surface area contributed by atoms with Gasteiger partial charge in [0.2, 0.25) is 11.8 Å². The molecule has 1 atom stereocenters. The highest BCUT2D eigenvalue weighted by Gasteiger charge is 2.40. The third-order valence-electron chi connectivity index (χ3n) is 4.53. The van der Waals surface area contributed by atoms with Gasteiger partial charge >= 0.3 is 0 Å². The Morgan fingerprint density at radius 1 is 1.07 bits per heavy atom. The molecule has 0 radical (unpaired) electrons. The number of benzene rings is 2. The Kier molecular flexibility index (Phi) is 5.51. The first kappa shape index (κ1) is 19.4. The van der Waals surface area contributed by atoms with Crippen molar-refractivity contribution >= 4 is 52.2 Å². The molecule has 1 unspecified atom stereocenters. The van der Waals surface area contributed by atoms with E-state index in [1.807, 2.05) is 42.6 Å². The predicted molar refractivity (Wildman–Crippen MR) is 117 cm³/mol. The summed E-state index contributed by atoms with van der Waals surface area (Å²) in [6.45, 7) is 1.96. The summed E-state index contributed by atoms with van der Waals surface area (Å²) >= 11 is 2.75. The molecule has 0 saturated carbocycles. The number of amides is 3. The lowest BCUT2D eigenvalue weighted by atomic mass is 10.2. The minimum atomic E-state index is -0.449. The highest BCUT2D eigenvalue weighted by atomic mass is 32.2. The number of hydrogen-bond acceptors (Lipinski definition) is 5. The highest BCUT2D eigenvalue weighted by molar-refractivity contribution is 8.00. The van der Waals surface area contributed by atoms with Crippen LogP contribution in [0.2, 0.25) is 0 Å². The molecule has 29 heavy (non-hydrogen) atoms. The zero-order valence-electron chi connectivity index (χ0n) is 15.6. The molecule has 1 aromatic heterocycles. The Morgan fingerprint density at radius 3 is 2.45 bits per heavy atom. The van der Waals surface area contributed by atoms with Crippen molar-refractivity contribution in [3.05, 3.63) is 76.5 Å². The number of nitrogens with one attached hydrogen (secondary N) is 1. The third kappa shape index (κ3) is 4.26. The molecule has 1 N–H and O–H groups in total. The van der Waals surface area contributed by atoms with Crippen LogP contribution in [0.1, 0.15) is 21.7 Å². The van der Waals surface area contributed by atoms with Gasteiger partial charge in [-0.05, 0) is 54.8 Å². The molecule has 1 saturated heterocycles. The van der Waals surface area contributed by atoms with Crippen LogP contribution in [-0.4, -0.2) is 23.0 Å². The van der Waals surface area contributed by atoms with Gasteiger partial charge in [-0.25, -0.2) is 4.90 Å². The Bertz CT molecular complexity index is 1040. The summed E-state index contributed by atoms with van der Waals surface area (Å²) in [6, 6.07) is 18.3. The number of thioether (sulfide) groups is 1. The van der Waals surface area contributed by atoms with Crippen LogP contribution in [-0.2, 0) is 9.59 Å². The van der Waals surface area contributed by atoms with Crippen molar-refractivity contribution in [2.45, 2.75) is 23.5 Å². The molecule has 3 aromatic rings. The van der Waals surface area contributed by atoms with Gasteiger partial charge in [0.1, 0.15) is 0 Å². The van der Waals surface area contributed by atoms with Crippen molar-refractivity contribution in [2.24, 2.45) is 0 Å². The molecule has 5 nitrogen and oxygen atoms in total. The fourth-order valence-corrected chi connectivity index (χ4v) is 4.72. The summed E-state index contributed by atoms with van der Waals surface area (Å²) < 4.78 is 0. The van der Waals surface area contributed by atoms with Crippen LogP contribution in [0, 0.1) is 6.92 Å². The Balaban J connectivity index is 1.41. The van der Waals surface area contributed by atoms with Crippen molar-refractivity contribution in [3.8, 4) is 0 Å². The number of nitrogens with zero attached hydrogens (tertiary/aromatic N) is 1. The average molecular weight is 423 g/mol. The van der Waals surface area contributed by atoms with Gasteiger partial charge in [0, 0.05) is 17.0 Å². The molecule has 7 heteroatoms. The second-order valence-electron chi connectivity index (χ2n) is 6.67. The minimum absolute atomic E-state index is 0.147. The second-order valence-corrected chi connectivity index (χ2v) is 8.89. The van der Waals surface area contributed by atoms with Gasteiger partial charge in [0.25, 0.3) is 5.91 Å². The smallest absolute Gasteiger partial charge is 0.265 e. The maximum atomic E-state index is 12.8. The molecule has 0 aliphatic carbocycles. The number of aryl methyl sites for hydroxylation is 1. The summed E-state index contributed by atoms with van der Waals surface area (Å²) in [5.41, 5.74) is 2.37. The largest absolute Gasteiger partial charge is 0.321 e. The number of imide groups is 1. The van der Waals surface area contributed by atoms with E-state index in [1.165, 1.54) is 28.0 Å². The maximum Gasteiger partial charge on any atom is 0.265 e. The quantitative estimate of drug-likeness (QED) is 0.604. The van der Waals surface area contributed by atoms with Crippen LogP contribution in [0.25, 0.3) is 0 Å². The SMILES string of the molecule is Cc1ccc(N2C(=O)CC(Sc3ccc(NC(=O)c4cccs4)cc3)C2=O)cc1. The molecule has 1 aliphatic rings. The fraction of sp³-hybridized carbons (Fsp3) is 0.136. The molecule has 146 valence electrons. The van der Waals surface area contributed by atoms with Gasteiger partial charge < -0.3 is 5.32 Å². The van der Waals surface area contributed by atoms with Gasteiger partial charge in [0.05, 0.1) is 15.8 Å². The van der Waals surface area contributed by atoms with Crippen LogP contribution in [0.15, 0.2) is 70.9 Å². The van der Waals surface area contributed by atoms with Crippen molar-refractivity contribution in [3.63, 3.8) is 0 Å². The first-order valence-electron chi connectivity index (χ1n) is 9.06. The molecule has 0 spiro atoms. The van der Waals surface area contributed by atoms with Crippen LogP contribution in [0.3, 0.4) is 0 Å². The highest BCUT2D eigenvalue weighted by Crippen LogP contribution is 2.34. The lowest BCUT2D eigenvalue weighted by Gasteiger charge is -2.15. The van der Waals surface area contributed by atoms with E-state index in [4.69, 9.17) is 0 Å². The summed E-state index contributed by atoms with van der Waals surface area (Å²) in [7, 11) is 0. The predicted octanol–water partition coefficient (Wildman–Crippen LogP) is 4.73. The number of thiophene rings is 1. The molecule has 2 aromatic carbocycles. The van der Waals surface area contributed by atoms with E-state index in [-0.39, 0.29) is 24.1 Å². The molecular weight excluding hydrogens is 404 g/mol. The third-order valence-corrected chi connectivity index (χ3v) is 6.60. The standard InChI is InChI=1S/C22H18N2O3S2/c1-14-4-8-16(9-5-14)24-20(25)13-19(22(24)27)29-17-10-6-15(7-11-17)23-21(26)18-3-2-12-28-18/h2-12,19H,13H2,1H3,(H,23,26). The Labute approximate surface area is 176 Å². The van der Waals surface area contributed by atoms with E-state index in [9.17, 15) is 14.4 Å². The van der Waals surface area contributed by atoms with Gasteiger partial charge in [0.15, 0.2) is 0 Å². The van der Waals surface area contributed by atoms with Gasteiger partial charge in [-0.15, -0.1) is 23.1 Å². The second kappa shape index (κ2) is 8.23. The van der Waals surface area contributed by atoms with E-state index < -0.39 is 5.25 Å². The topological polar surface area (TPSA) is 66.5 Å². The monoisotopic (exact) mass is 422 g/mol. The van der Waals surface area contributed by atoms with Crippen molar-refractivity contribution in [1.29, 1.82) is 0 Å². The first-order valence-corrected chi connectivity index (χ1v) is 10.8. The van der Waals surface area contributed by atoms with E-state index in [0.29, 0.717) is 16.3 Å². The maximum absolute atomic E-state index is 12.8. The summed E-state index contributed by atoms with van der Waals surface area (Å²) in [5, 5.41) is 4.25. The van der Waals surface area contributed by atoms with E-state index >= 15 is 0 Å². The van der Waals surface area contributed by atoms with Crippen molar-refractivity contribution in [2.75, 3.05) is 10.2 Å². The summed E-state index contributed by atoms with van der Waals surface area (Å²) in [4.78, 5) is 40.1. The molecular formula is C22H18N2O3S2. The lowest BCUT2D eigenvalue weighted by Crippen LogP contribution is -2.31. The van der Waals surface area contributed by atoms with Gasteiger partial charge in [-0.3, -0.25) is 14.4 Å². The fourth-order valence-electron chi connectivity index (χ4n) is 3.04. The molecule has 0 bridgehead atoms. The first-order chi connectivity index (χ1) is 14.0. The van der Waals surface area contributed by atoms with Crippen LogP contribution < -0.4 is 10.2 Å². The number of carbonyl (C=O) groups is 3. The number of anilines is 2. The number of hydrogen-bond donors (Lipinski definition) is 1. The lowest BCUT2D eigenvalue weighted by molar-refractivity contribution is -0.121. The molecule has 3 amide bonds. The van der Waals surface area contributed by atoms with E-state index in [0.717, 1.165) is 10.5 Å². The molecule has 4 rings (SSSR count). The van der Waals surface area contributed by atoms with Crippen LogP contribution in [0.4, 0.5) is 11.4 Å². The van der Waals surface area contributed by atoms with Crippen molar-refractivity contribution in [1.82, 2.24) is 0 Å². The van der Waals surface area contributed by atoms with Crippen LogP contribution in [0.5, 0.6) is 0 Å².